The predicted molar refractivity (Wildman–Crippen MR) is 158 cm³/mol. The first-order chi connectivity index (χ1) is 20.3. The molecule has 0 saturated carbocycles. The normalized spacial score (nSPS) is 21.2. The highest BCUT2D eigenvalue weighted by Gasteiger charge is 2.48. The van der Waals surface area contributed by atoms with Crippen molar-refractivity contribution in [3.05, 3.63) is 128 Å². The molecule has 42 heavy (non-hydrogen) atoms. The average Bonchev–Trinajstić information content (AvgIpc) is 3.35. The molecule has 3 N–H and O–H groups in total. The van der Waals surface area contributed by atoms with E-state index in [0.717, 1.165) is 10.1 Å². The summed E-state index contributed by atoms with van der Waals surface area (Å²) in [6.07, 6.45) is -0.778. The summed E-state index contributed by atoms with van der Waals surface area (Å²) in [6.45, 7) is -0.540. The standard InChI is InChI=1S/C31H32N2O8S/c1-39-22-13-9-20(10-14-22)31(19-7-5-4-6-8-19,21-11-15-23(40-2)16-12-21)24-17-33(30(37)32-28(24)36)29-27(42(3)38)26(35)25(18-34)41-29/h4-17,25-27,29,34-35H,18H2,1-3H3,(H,32,36,37)/t25-,26?,27?,29-,42?/m0/s1. The highest BCUT2D eigenvalue weighted by atomic mass is 32.2. The van der Waals surface area contributed by atoms with Crippen molar-refractivity contribution in [3.8, 4) is 11.5 Å². The van der Waals surface area contributed by atoms with Gasteiger partial charge < -0.3 is 24.4 Å². The Bertz CT molecular complexity index is 1620. The minimum Gasteiger partial charge on any atom is -0.497 e. The summed E-state index contributed by atoms with van der Waals surface area (Å²) in [5.41, 5.74) is -0.406. The lowest BCUT2D eigenvalue weighted by Gasteiger charge is -2.36. The van der Waals surface area contributed by atoms with E-state index in [1.165, 1.54) is 12.5 Å². The fourth-order valence-corrected chi connectivity index (χ4v) is 6.82. The molecule has 1 aliphatic heterocycles. The Morgan fingerprint density at radius 2 is 1.43 bits per heavy atom. The van der Waals surface area contributed by atoms with Crippen LogP contribution in [-0.2, 0) is 21.0 Å². The highest BCUT2D eigenvalue weighted by Crippen LogP contribution is 2.45. The molecule has 0 amide bonds. The van der Waals surface area contributed by atoms with Gasteiger partial charge in [-0.3, -0.25) is 18.6 Å². The van der Waals surface area contributed by atoms with Gasteiger partial charge >= 0.3 is 5.69 Å². The molecule has 3 unspecified atom stereocenters. The van der Waals surface area contributed by atoms with Crippen LogP contribution < -0.4 is 20.7 Å². The molecule has 10 nitrogen and oxygen atoms in total. The van der Waals surface area contributed by atoms with Crippen LogP contribution in [0.2, 0.25) is 0 Å². The number of ether oxygens (including phenoxy) is 3. The van der Waals surface area contributed by atoms with Crippen molar-refractivity contribution in [1.82, 2.24) is 9.55 Å². The Hall–Kier alpha value is -4.03. The van der Waals surface area contributed by atoms with Crippen LogP contribution >= 0.6 is 0 Å². The second-order valence-electron chi connectivity index (χ2n) is 9.98. The lowest BCUT2D eigenvalue weighted by molar-refractivity contribution is -0.0458. The average molecular weight is 593 g/mol. The van der Waals surface area contributed by atoms with Gasteiger partial charge in [0.15, 0.2) is 6.23 Å². The number of hydrogen-bond donors (Lipinski definition) is 3. The van der Waals surface area contributed by atoms with Gasteiger partial charge in [-0.1, -0.05) is 54.6 Å². The van der Waals surface area contributed by atoms with Crippen LogP contribution in [0.5, 0.6) is 11.5 Å². The molecule has 1 aliphatic rings. The van der Waals surface area contributed by atoms with Gasteiger partial charge in [0.1, 0.15) is 29.0 Å². The van der Waals surface area contributed by atoms with Crippen LogP contribution in [0.15, 0.2) is 94.6 Å². The molecule has 1 fully saturated rings. The smallest absolute Gasteiger partial charge is 0.330 e. The van der Waals surface area contributed by atoms with Crippen molar-refractivity contribution in [1.29, 1.82) is 0 Å². The second kappa shape index (κ2) is 12.1. The summed E-state index contributed by atoms with van der Waals surface area (Å²) in [5.74, 6) is 1.23. The van der Waals surface area contributed by atoms with Gasteiger partial charge in [-0.2, -0.15) is 0 Å². The maximum atomic E-state index is 13.9. The van der Waals surface area contributed by atoms with E-state index in [1.807, 2.05) is 54.6 Å². The van der Waals surface area contributed by atoms with Crippen LogP contribution in [0.25, 0.3) is 0 Å². The number of aliphatic hydroxyl groups excluding tert-OH is 2. The number of aromatic nitrogens is 2. The molecule has 0 bridgehead atoms. The van der Waals surface area contributed by atoms with Crippen molar-refractivity contribution < 1.29 is 28.6 Å². The van der Waals surface area contributed by atoms with E-state index in [1.54, 1.807) is 38.5 Å². The number of nitrogens with zero attached hydrogens (tertiary/aromatic N) is 1. The Morgan fingerprint density at radius 1 is 0.905 bits per heavy atom. The Morgan fingerprint density at radius 3 is 1.90 bits per heavy atom. The first kappa shape index (κ1) is 29.5. The molecule has 11 heteroatoms. The van der Waals surface area contributed by atoms with Crippen LogP contribution in [-0.4, -0.2) is 68.5 Å². The van der Waals surface area contributed by atoms with Crippen LogP contribution in [0.1, 0.15) is 28.5 Å². The topological polar surface area (TPSA) is 140 Å². The van der Waals surface area contributed by atoms with Gasteiger partial charge in [0.25, 0.3) is 5.56 Å². The van der Waals surface area contributed by atoms with E-state index >= 15 is 0 Å². The van der Waals surface area contributed by atoms with Gasteiger partial charge in [-0.25, -0.2) is 4.79 Å². The zero-order valence-electron chi connectivity index (χ0n) is 23.3. The maximum Gasteiger partial charge on any atom is 0.330 e. The summed E-state index contributed by atoms with van der Waals surface area (Å²) in [5, 5.41) is 19.5. The summed E-state index contributed by atoms with van der Waals surface area (Å²) in [4.78, 5) is 29.6. The summed E-state index contributed by atoms with van der Waals surface area (Å²) in [7, 11) is 1.48. The molecule has 0 radical (unpaired) electrons. The van der Waals surface area contributed by atoms with Crippen LogP contribution in [0.4, 0.5) is 0 Å². The lowest BCUT2D eigenvalue weighted by Crippen LogP contribution is -2.44. The van der Waals surface area contributed by atoms with E-state index < -0.39 is 57.8 Å². The van der Waals surface area contributed by atoms with Crippen molar-refractivity contribution in [3.63, 3.8) is 0 Å². The van der Waals surface area contributed by atoms with Gasteiger partial charge in [0.2, 0.25) is 0 Å². The highest BCUT2D eigenvalue weighted by molar-refractivity contribution is 7.85. The van der Waals surface area contributed by atoms with E-state index in [-0.39, 0.29) is 5.56 Å². The molecule has 0 spiro atoms. The van der Waals surface area contributed by atoms with Gasteiger partial charge in [-0.15, -0.1) is 0 Å². The summed E-state index contributed by atoms with van der Waals surface area (Å²) < 4.78 is 30.5. The maximum absolute atomic E-state index is 13.9. The van der Waals surface area contributed by atoms with E-state index in [4.69, 9.17) is 14.2 Å². The number of nitrogens with one attached hydrogen (secondary N) is 1. The van der Waals surface area contributed by atoms with Gasteiger partial charge in [0.05, 0.1) is 31.8 Å². The zero-order valence-corrected chi connectivity index (χ0v) is 24.1. The largest absolute Gasteiger partial charge is 0.497 e. The number of benzene rings is 3. The second-order valence-corrected chi connectivity index (χ2v) is 11.5. The summed E-state index contributed by atoms with van der Waals surface area (Å²) >= 11 is 0. The number of H-pyrrole nitrogens is 1. The number of hydrogen-bond acceptors (Lipinski definition) is 8. The molecule has 220 valence electrons. The van der Waals surface area contributed by atoms with Crippen molar-refractivity contribution in [2.75, 3.05) is 27.1 Å². The quantitative estimate of drug-likeness (QED) is 0.251. The molecule has 5 rings (SSSR count). The monoisotopic (exact) mass is 592 g/mol. The molecule has 1 saturated heterocycles. The Balaban J connectivity index is 1.87. The minimum atomic E-state index is -1.65. The molecular formula is C31H32N2O8S. The molecule has 5 atom stereocenters. The third-order valence-corrected chi connectivity index (χ3v) is 9.05. The van der Waals surface area contributed by atoms with E-state index in [9.17, 15) is 24.0 Å². The lowest BCUT2D eigenvalue weighted by atomic mass is 9.65. The predicted octanol–water partition coefficient (Wildman–Crippen LogP) is 1.93. The van der Waals surface area contributed by atoms with Crippen molar-refractivity contribution in [2.45, 2.75) is 29.1 Å². The van der Waals surface area contributed by atoms with Crippen LogP contribution in [0, 0.1) is 0 Å². The number of aliphatic hydroxyl groups is 2. The number of rotatable bonds is 9. The fourth-order valence-electron chi connectivity index (χ4n) is 5.73. The van der Waals surface area contributed by atoms with Crippen molar-refractivity contribution in [2.24, 2.45) is 0 Å². The first-order valence-electron chi connectivity index (χ1n) is 13.2. The molecule has 2 heterocycles. The molecule has 3 aromatic carbocycles. The molecule has 0 aliphatic carbocycles. The third-order valence-electron chi connectivity index (χ3n) is 7.77. The molecule has 4 aromatic rings. The first-order valence-corrected chi connectivity index (χ1v) is 14.9. The third kappa shape index (κ3) is 4.98. The molecular weight excluding hydrogens is 560 g/mol. The minimum absolute atomic E-state index is 0.176. The number of methoxy groups -OCH3 is 2. The van der Waals surface area contributed by atoms with E-state index in [0.29, 0.717) is 22.6 Å². The fraction of sp³-hybridized carbons (Fsp3) is 0.290. The molecule has 1 aromatic heterocycles. The number of aromatic amines is 1. The Labute approximate surface area is 244 Å². The van der Waals surface area contributed by atoms with Crippen LogP contribution in [0.3, 0.4) is 0 Å². The SMILES string of the molecule is COc1ccc(C(c2ccccc2)(c2ccc(OC)cc2)c2cn([C@H]3O[C@@H](CO)C(O)C3S(C)=O)c(=O)[nH]c2=O)cc1. The van der Waals surface area contributed by atoms with Gasteiger partial charge in [0, 0.05) is 23.3 Å². The summed E-state index contributed by atoms with van der Waals surface area (Å²) in [6, 6.07) is 24.0. The van der Waals surface area contributed by atoms with Gasteiger partial charge in [-0.05, 0) is 41.0 Å². The zero-order chi connectivity index (χ0) is 30.0. The van der Waals surface area contributed by atoms with Crippen molar-refractivity contribution >= 4 is 10.8 Å². The van der Waals surface area contributed by atoms with E-state index in [2.05, 4.69) is 4.98 Å². The Kier molecular flexibility index (Phi) is 8.46.